The highest BCUT2D eigenvalue weighted by molar-refractivity contribution is 5.97. The van der Waals surface area contributed by atoms with Crippen molar-refractivity contribution in [3.05, 3.63) is 89.5 Å². The van der Waals surface area contributed by atoms with Gasteiger partial charge in [0.15, 0.2) is 0 Å². The number of hydrogen-bond acceptors (Lipinski definition) is 4. The van der Waals surface area contributed by atoms with E-state index in [2.05, 4.69) is 10.6 Å². The molecule has 1 unspecified atom stereocenters. The minimum absolute atomic E-state index is 0.0544. The number of likely N-dealkylation sites (N-methyl/N-ethyl adjacent to an activating group) is 1. The summed E-state index contributed by atoms with van der Waals surface area (Å²) in [6.07, 6.45) is 0. The van der Waals surface area contributed by atoms with Crippen LogP contribution in [0.3, 0.4) is 0 Å². The first-order valence-corrected chi connectivity index (χ1v) is 10.4. The third-order valence-corrected chi connectivity index (χ3v) is 5.28. The number of para-hydroxylation sites is 1. The van der Waals surface area contributed by atoms with E-state index in [0.29, 0.717) is 11.4 Å². The molecule has 3 aromatic rings. The number of benzene rings is 3. The maximum Gasteiger partial charge on any atom is 0.246 e. The van der Waals surface area contributed by atoms with E-state index >= 15 is 0 Å². The van der Waals surface area contributed by atoms with Gasteiger partial charge in [-0.2, -0.15) is 0 Å². The van der Waals surface area contributed by atoms with Gasteiger partial charge >= 0.3 is 0 Å². The molecule has 0 aliphatic carbocycles. The zero-order chi connectivity index (χ0) is 23.1. The SMILES string of the molecule is COc1cccc(NC(=O)C(c2ccccc2)N(C)CC(=O)Nc2c(C)cccc2C)c1. The Balaban J connectivity index is 1.79. The number of amides is 2. The zero-order valence-electron chi connectivity index (χ0n) is 18.9. The van der Waals surface area contributed by atoms with Gasteiger partial charge in [-0.25, -0.2) is 0 Å². The molecule has 32 heavy (non-hydrogen) atoms. The van der Waals surface area contributed by atoms with Gasteiger partial charge in [-0.15, -0.1) is 0 Å². The van der Waals surface area contributed by atoms with E-state index in [0.717, 1.165) is 22.4 Å². The van der Waals surface area contributed by atoms with Crippen LogP contribution in [0.15, 0.2) is 72.8 Å². The summed E-state index contributed by atoms with van der Waals surface area (Å²) in [6, 6.07) is 21.8. The van der Waals surface area contributed by atoms with Gasteiger partial charge in [0.1, 0.15) is 11.8 Å². The average molecular weight is 432 g/mol. The lowest BCUT2D eigenvalue weighted by Crippen LogP contribution is -2.39. The predicted octanol–water partition coefficient (Wildman–Crippen LogP) is 4.56. The third-order valence-electron chi connectivity index (χ3n) is 5.28. The fourth-order valence-electron chi connectivity index (χ4n) is 3.66. The molecular formula is C26H29N3O3. The summed E-state index contributed by atoms with van der Waals surface area (Å²) < 4.78 is 5.24. The van der Waals surface area contributed by atoms with Crippen LogP contribution >= 0.6 is 0 Å². The molecule has 0 radical (unpaired) electrons. The predicted molar refractivity (Wildman–Crippen MR) is 128 cm³/mol. The van der Waals surface area contributed by atoms with Crippen LogP contribution in [0.5, 0.6) is 5.75 Å². The second kappa shape index (κ2) is 10.6. The molecule has 6 heteroatoms. The van der Waals surface area contributed by atoms with Crippen molar-refractivity contribution in [2.24, 2.45) is 0 Å². The molecule has 2 N–H and O–H groups in total. The van der Waals surface area contributed by atoms with Crippen LogP contribution in [-0.2, 0) is 9.59 Å². The van der Waals surface area contributed by atoms with E-state index in [1.54, 1.807) is 31.2 Å². The monoisotopic (exact) mass is 431 g/mol. The van der Waals surface area contributed by atoms with Crippen molar-refractivity contribution < 1.29 is 14.3 Å². The topological polar surface area (TPSA) is 70.7 Å². The first kappa shape index (κ1) is 23.0. The molecule has 0 fully saturated rings. The van der Waals surface area contributed by atoms with Gasteiger partial charge in [0.05, 0.1) is 13.7 Å². The number of rotatable bonds is 8. The van der Waals surface area contributed by atoms with E-state index in [-0.39, 0.29) is 18.4 Å². The molecular weight excluding hydrogens is 402 g/mol. The molecule has 166 valence electrons. The summed E-state index contributed by atoms with van der Waals surface area (Å²) >= 11 is 0. The molecule has 0 aliphatic rings. The lowest BCUT2D eigenvalue weighted by molar-refractivity contribution is -0.123. The molecule has 2 amide bonds. The Bertz CT molecular complexity index is 1060. The van der Waals surface area contributed by atoms with Gasteiger partial charge in [-0.1, -0.05) is 54.6 Å². The highest BCUT2D eigenvalue weighted by atomic mass is 16.5. The Kier molecular flexibility index (Phi) is 7.63. The average Bonchev–Trinajstić information content (AvgIpc) is 2.77. The Labute approximate surface area is 189 Å². The van der Waals surface area contributed by atoms with Crippen molar-refractivity contribution in [2.75, 3.05) is 31.3 Å². The second-order valence-corrected chi connectivity index (χ2v) is 7.76. The molecule has 0 saturated heterocycles. The number of aryl methyl sites for hydroxylation is 2. The summed E-state index contributed by atoms with van der Waals surface area (Å²) in [4.78, 5) is 27.8. The maximum atomic E-state index is 13.3. The third kappa shape index (κ3) is 5.74. The van der Waals surface area contributed by atoms with Gasteiger partial charge in [0, 0.05) is 17.4 Å². The fraction of sp³-hybridized carbons (Fsp3) is 0.231. The van der Waals surface area contributed by atoms with Crippen LogP contribution in [0.4, 0.5) is 11.4 Å². The summed E-state index contributed by atoms with van der Waals surface area (Å²) in [5.74, 6) is 0.243. The van der Waals surface area contributed by atoms with Crippen LogP contribution in [0.1, 0.15) is 22.7 Å². The van der Waals surface area contributed by atoms with Gasteiger partial charge in [-0.05, 0) is 49.7 Å². The van der Waals surface area contributed by atoms with Crippen LogP contribution in [0, 0.1) is 13.8 Å². The first-order chi connectivity index (χ1) is 15.4. The van der Waals surface area contributed by atoms with Crippen molar-refractivity contribution in [1.29, 1.82) is 0 Å². The Hall–Kier alpha value is -3.64. The smallest absolute Gasteiger partial charge is 0.246 e. The molecule has 0 aliphatic heterocycles. The second-order valence-electron chi connectivity index (χ2n) is 7.76. The minimum atomic E-state index is -0.647. The summed E-state index contributed by atoms with van der Waals surface area (Å²) in [5, 5.41) is 5.94. The van der Waals surface area contributed by atoms with Crippen molar-refractivity contribution in [2.45, 2.75) is 19.9 Å². The molecule has 0 saturated carbocycles. The van der Waals surface area contributed by atoms with Crippen LogP contribution in [0.25, 0.3) is 0 Å². The lowest BCUT2D eigenvalue weighted by Gasteiger charge is -2.27. The van der Waals surface area contributed by atoms with E-state index < -0.39 is 6.04 Å². The van der Waals surface area contributed by atoms with E-state index in [1.165, 1.54) is 0 Å². The van der Waals surface area contributed by atoms with Gasteiger partial charge in [-0.3, -0.25) is 14.5 Å². The van der Waals surface area contributed by atoms with Gasteiger partial charge < -0.3 is 15.4 Å². The number of carbonyl (C=O) groups excluding carboxylic acids is 2. The molecule has 0 spiro atoms. The fourth-order valence-corrected chi connectivity index (χ4v) is 3.66. The van der Waals surface area contributed by atoms with Crippen LogP contribution in [-0.4, -0.2) is 37.4 Å². The summed E-state index contributed by atoms with van der Waals surface area (Å²) in [5.41, 5.74) is 4.23. The number of hydrogen-bond donors (Lipinski definition) is 2. The molecule has 3 aromatic carbocycles. The first-order valence-electron chi connectivity index (χ1n) is 10.4. The Morgan fingerprint density at radius 3 is 2.22 bits per heavy atom. The quantitative estimate of drug-likeness (QED) is 0.548. The number of ether oxygens (including phenoxy) is 1. The van der Waals surface area contributed by atoms with Gasteiger partial charge in [0.2, 0.25) is 11.8 Å². The summed E-state index contributed by atoms with van der Waals surface area (Å²) in [6.45, 7) is 3.97. The molecule has 3 rings (SSSR count). The normalized spacial score (nSPS) is 11.7. The molecule has 0 aromatic heterocycles. The van der Waals surface area contributed by atoms with E-state index in [1.807, 2.05) is 74.5 Å². The highest BCUT2D eigenvalue weighted by Gasteiger charge is 2.27. The van der Waals surface area contributed by atoms with Crippen molar-refractivity contribution in [3.8, 4) is 5.75 Å². The van der Waals surface area contributed by atoms with Gasteiger partial charge in [0.25, 0.3) is 0 Å². The number of anilines is 2. The summed E-state index contributed by atoms with van der Waals surface area (Å²) in [7, 11) is 3.35. The zero-order valence-corrected chi connectivity index (χ0v) is 18.9. The maximum absolute atomic E-state index is 13.3. The minimum Gasteiger partial charge on any atom is -0.497 e. The molecule has 1 atom stereocenters. The van der Waals surface area contributed by atoms with Crippen molar-refractivity contribution >= 4 is 23.2 Å². The number of carbonyl (C=O) groups is 2. The number of methoxy groups -OCH3 is 1. The van der Waals surface area contributed by atoms with Crippen molar-refractivity contribution in [1.82, 2.24) is 4.90 Å². The molecule has 6 nitrogen and oxygen atoms in total. The number of nitrogens with one attached hydrogen (secondary N) is 2. The Morgan fingerprint density at radius 2 is 1.56 bits per heavy atom. The van der Waals surface area contributed by atoms with Crippen LogP contribution in [0.2, 0.25) is 0 Å². The highest BCUT2D eigenvalue weighted by Crippen LogP contribution is 2.24. The Morgan fingerprint density at radius 1 is 0.906 bits per heavy atom. The molecule has 0 bridgehead atoms. The van der Waals surface area contributed by atoms with Crippen molar-refractivity contribution in [3.63, 3.8) is 0 Å². The largest absolute Gasteiger partial charge is 0.497 e. The van der Waals surface area contributed by atoms with E-state index in [4.69, 9.17) is 4.74 Å². The van der Waals surface area contributed by atoms with E-state index in [9.17, 15) is 9.59 Å². The standard InChI is InChI=1S/C26H29N3O3/c1-18-10-8-11-19(2)24(18)28-23(30)17-29(3)25(20-12-6-5-7-13-20)26(31)27-21-14-9-15-22(16-21)32-4/h5-16,25H,17H2,1-4H3,(H,27,31)(H,28,30). The lowest BCUT2D eigenvalue weighted by atomic mass is 10.0. The molecule has 0 heterocycles. The van der Waals surface area contributed by atoms with Crippen LogP contribution < -0.4 is 15.4 Å². The number of nitrogens with zero attached hydrogens (tertiary/aromatic N) is 1.